The van der Waals surface area contributed by atoms with E-state index in [1.54, 1.807) is 0 Å². The SMILES string of the molecule is NC(=O)CCCCNC(=O)c1ccc(Cl)nc1Cl. The Morgan fingerprint density at radius 2 is 2.00 bits per heavy atom. The highest BCUT2D eigenvalue weighted by atomic mass is 35.5. The Labute approximate surface area is 115 Å². The first-order chi connectivity index (χ1) is 8.50. The molecule has 0 aliphatic carbocycles. The Hall–Kier alpha value is -1.33. The quantitative estimate of drug-likeness (QED) is 0.618. The van der Waals surface area contributed by atoms with Crippen molar-refractivity contribution in [2.75, 3.05) is 6.54 Å². The Morgan fingerprint density at radius 3 is 2.61 bits per heavy atom. The summed E-state index contributed by atoms with van der Waals surface area (Å²) in [6.45, 7) is 0.449. The van der Waals surface area contributed by atoms with Gasteiger partial charge in [-0.1, -0.05) is 23.2 Å². The maximum Gasteiger partial charge on any atom is 0.254 e. The van der Waals surface area contributed by atoms with Crippen LogP contribution in [-0.4, -0.2) is 23.3 Å². The summed E-state index contributed by atoms with van der Waals surface area (Å²) in [6, 6.07) is 3.01. The highest BCUT2D eigenvalue weighted by Gasteiger charge is 2.11. The van der Waals surface area contributed by atoms with E-state index in [1.165, 1.54) is 12.1 Å². The molecular weight excluding hydrogens is 277 g/mol. The van der Waals surface area contributed by atoms with E-state index in [-0.39, 0.29) is 27.7 Å². The number of rotatable bonds is 6. The van der Waals surface area contributed by atoms with Crippen molar-refractivity contribution in [3.63, 3.8) is 0 Å². The molecule has 0 fully saturated rings. The number of nitrogens with one attached hydrogen (secondary N) is 1. The largest absolute Gasteiger partial charge is 0.370 e. The molecule has 98 valence electrons. The highest BCUT2D eigenvalue weighted by Crippen LogP contribution is 2.16. The van der Waals surface area contributed by atoms with Crippen LogP contribution in [0, 0.1) is 0 Å². The number of pyridine rings is 1. The second-order valence-electron chi connectivity index (χ2n) is 3.65. The van der Waals surface area contributed by atoms with E-state index in [9.17, 15) is 9.59 Å². The summed E-state index contributed by atoms with van der Waals surface area (Å²) < 4.78 is 0. The molecule has 0 saturated carbocycles. The number of amides is 2. The number of aromatic nitrogens is 1. The van der Waals surface area contributed by atoms with Gasteiger partial charge in [0.25, 0.3) is 5.91 Å². The second-order valence-corrected chi connectivity index (χ2v) is 4.40. The van der Waals surface area contributed by atoms with Crippen LogP contribution in [0.5, 0.6) is 0 Å². The number of carbonyl (C=O) groups is 2. The van der Waals surface area contributed by atoms with Crippen molar-refractivity contribution < 1.29 is 9.59 Å². The monoisotopic (exact) mass is 289 g/mol. The second kappa shape index (κ2) is 7.18. The van der Waals surface area contributed by atoms with Gasteiger partial charge in [0.2, 0.25) is 5.91 Å². The van der Waals surface area contributed by atoms with Crippen LogP contribution in [0.1, 0.15) is 29.6 Å². The molecule has 2 amide bonds. The molecule has 1 aromatic heterocycles. The summed E-state index contributed by atoms with van der Waals surface area (Å²) in [5.74, 6) is -0.658. The van der Waals surface area contributed by atoms with E-state index in [0.717, 1.165) is 0 Å². The normalized spacial score (nSPS) is 10.1. The molecule has 1 aromatic rings. The maximum absolute atomic E-state index is 11.7. The van der Waals surface area contributed by atoms with Gasteiger partial charge in [0.15, 0.2) is 0 Å². The van der Waals surface area contributed by atoms with Crippen LogP contribution in [0.2, 0.25) is 10.3 Å². The van der Waals surface area contributed by atoms with Gasteiger partial charge in [-0.15, -0.1) is 0 Å². The minimum Gasteiger partial charge on any atom is -0.370 e. The summed E-state index contributed by atoms with van der Waals surface area (Å²) in [7, 11) is 0. The van der Waals surface area contributed by atoms with Gasteiger partial charge < -0.3 is 11.1 Å². The van der Waals surface area contributed by atoms with Crippen molar-refractivity contribution in [1.29, 1.82) is 0 Å². The maximum atomic E-state index is 11.7. The van der Waals surface area contributed by atoms with Crippen molar-refractivity contribution >= 4 is 35.0 Å². The van der Waals surface area contributed by atoms with Gasteiger partial charge in [0.05, 0.1) is 5.56 Å². The lowest BCUT2D eigenvalue weighted by molar-refractivity contribution is -0.118. The number of hydrogen-bond donors (Lipinski definition) is 2. The van der Waals surface area contributed by atoms with Gasteiger partial charge in [-0.05, 0) is 25.0 Å². The molecule has 18 heavy (non-hydrogen) atoms. The van der Waals surface area contributed by atoms with Crippen LogP contribution >= 0.6 is 23.2 Å². The zero-order valence-corrected chi connectivity index (χ0v) is 11.1. The summed E-state index contributed by atoms with van der Waals surface area (Å²) in [6.07, 6.45) is 1.63. The Morgan fingerprint density at radius 1 is 1.28 bits per heavy atom. The third-order valence-electron chi connectivity index (χ3n) is 2.19. The molecule has 1 rings (SSSR count). The molecule has 0 aliphatic heterocycles. The zero-order chi connectivity index (χ0) is 13.5. The predicted molar refractivity (Wildman–Crippen MR) is 69.6 cm³/mol. The molecule has 0 atom stereocenters. The molecule has 0 bridgehead atoms. The lowest BCUT2D eigenvalue weighted by Gasteiger charge is -2.06. The van der Waals surface area contributed by atoms with Gasteiger partial charge in [-0.2, -0.15) is 0 Å². The number of carbonyl (C=O) groups excluding carboxylic acids is 2. The van der Waals surface area contributed by atoms with Crippen molar-refractivity contribution in [3.8, 4) is 0 Å². The fourth-order valence-electron chi connectivity index (χ4n) is 1.30. The average molecular weight is 290 g/mol. The number of halogens is 2. The van der Waals surface area contributed by atoms with E-state index in [2.05, 4.69) is 10.3 Å². The van der Waals surface area contributed by atoms with Crippen molar-refractivity contribution in [3.05, 3.63) is 28.0 Å². The van der Waals surface area contributed by atoms with Crippen molar-refractivity contribution in [2.45, 2.75) is 19.3 Å². The summed E-state index contributed by atoms with van der Waals surface area (Å²) in [4.78, 5) is 26.0. The lowest BCUT2D eigenvalue weighted by Crippen LogP contribution is -2.25. The fourth-order valence-corrected chi connectivity index (χ4v) is 1.73. The first-order valence-corrected chi connectivity index (χ1v) is 6.15. The highest BCUT2D eigenvalue weighted by molar-refractivity contribution is 6.34. The third-order valence-corrected chi connectivity index (χ3v) is 2.69. The number of nitrogens with two attached hydrogens (primary N) is 1. The number of nitrogens with zero attached hydrogens (tertiary/aromatic N) is 1. The lowest BCUT2D eigenvalue weighted by atomic mass is 10.2. The van der Waals surface area contributed by atoms with Gasteiger partial charge >= 0.3 is 0 Å². The van der Waals surface area contributed by atoms with Gasteiger partial charge in [0.1, 0.15) is 10.3 Å². The van der Waals surface area contributed by atoms with Gasteiger partial charge in [-0.25, -0.2) is 4.98 Å². The van der Waals surface area contributed by atoms with Crippen LogP contribution in [-0.2, 0) is 4.79 Å². The van der Waals surface area contributed by atoms with Crippen LogP contribution < -0.4 is 11.1 Å². The molecule has 0 aromatic carbocycles. The molecule has 1 heterocycles. The van der Waals surface area contributed by atoms with Crippen LogP contribution in [0.25, 0.3) is 0 Å². The molecule has 5 nitrogen and oxygen atoms in total. The van der Waals surface area contributed by atoms with Crippen LogP contribution in [0.4, 0.5) is 0 Å². The standard InChI is InChI=1S/C11H13Cl2N3O2/c12-8-5-4-7(10(13)16-8)11(18)15-6-2-1-3-9(14)17/h4-5H,1-3,6H2,(H2,14,17)(H,15,18). The van der Waals surface area contributed by atoms with E-state index in [4.69, 9.17) is 28.9 Å². The molecule has 0 radical (unpaired) electrons. The summed E-state index contributed by atoms with van der Waals surface area (Å²) >= 11 is 11.4. The van der Waals surface area contributed by atoms with Crippen LogP contribution in [0.3, 0.4) is 0 Å². The summed E-state index contributed by atoms with van der Waals surface area (Å²) in [5.41, 5.74) is 5.27. The molecule has 0 saturated heterocycles. The molecule has 0 spiro atoms. The van der Waals surface area contributed by atoms with Crippen molar-refractivity contribution in [1.82, 2.24) is 10.3 Å². The predicted octanol–water partition coefficient (Wildman–Crippen LogP) is 1.77. The Bertz CT molecular complexity index is 452. The molecule has 0 unspecified atom stereocenters. The smallest absolute Gasteiger partial charge is 0.254 e. The molecular formula is C11H13Cl2N3O2. The Kier molecular flexibility index (Phi) is 5.88. The Balaban J connectivity index is 2.39. The number of unbranched alkanes of at least 4 members (excludes halogenated alkanes) is 1. The van der Waals surface area contributed by atoms with Crippen molar-refractivity contribution in [2.24, 2.45) is 5.73 Å². The summed E-state index contributed by atoms with van der Waals surface area (Å²) in [5, 5.41) is 2.98. The zero-order valence-electron chi connectivity index (χ0n) is 9.58. The molecule has 3 N–H and O–H groups in total. The number of primary amides is 1. The minimum absolute atomic E-state index is 0.0668. The van der Waals surface area contributed by atoms with E-state index >= 15 is 0 Å². The van der Waals surface area contributed by atoms with Gasteiger partial charge in [0, 0.05) is 13.0 Å². The molecule has 7 heteroatoms. The van der Waals surface area contributed by atoms with E-state index in [1.807, 2.05) is 0 Å². The van der Waals surface area contributed by atoms with E-state index in [0.29, 0.717) is 25.8 Å². The number of hydrogen-bond acceptors (Lipinski definition) is 3. The average Bonchev–Trinajstić information content (AvgIpc) is 2.27. The first-order valence-electron chi connectivity index (χ1n) is 5.39. The topological polar surface area (TPSA) is 85.1 Å². The first kappa shape index (κ1) is 14.7. The minimum atomic E-state index is -0.341. The molecule has 0 aliphatic rings. The third kappa shape index (κ3) is 4.89. The fraction of sp³-hybridized carbons (Fsp3) is 0.364. The van der Waals surface area contributed by atoms with Gasteiger partial charge in [-0.3, -0.25) is 9.59 Å². The van der Waals surface area contributed by atoms with E-state index < -0.39 is 0 Å². The van der Waals surface area contributed by atoms with Crippen LogP contribution in [0.15, 0.2) is 12.1 Å².